The minimum atomic E-state index is 0. The van der Waals surface area contributed by atoms with E-state index in [4.69, 9.17) is 5.73 Å². The van der Waals surface area contributed by atoms with E-state index in [-0.39, 0.29) is 24.4 Å². The molecule has 1 aliphatic carbocycles. The van der Waals surface area contributed by atoms with Crippen LogP contribution >= 0.6 is 12.4 Å². The molecule has 0 bridgehead atoms. The topological polar surface area (TPSA) is 59.2 Å². The summed E-state index contributed by atoms with van der Waals surface area (Å²) in [5.41, 5.74) is 6.80. The first-order valence-corrected chi connectivity index (χ1v) is 6.20. The van der Waals surface area contributed by atoms with Crippen molar-refractivity contribution in [1.82, 2.24) is 9.88 Å². The minimum Gasteiger partial charge on any atom is -0.338 e. The molecule has 2 heterocycles. The van der Waals surface area contributed by atoms with Crippen LogP contribution in [0.5, 0.6) is 0 Å². The maximum Gasteiger partial charge on any atom is 0.253 e. The SMILES string of the molecule is Cl.NC1CCC2CN(C(=O)c3ccncc3)CC12. The Balaban J connectivity index is 0.00000120. The number of rotatable bonds is 1. The second kappa shape index (κ2) is 5.24. The summed E-state index contributed by atoms with van der Waals surface area (Å²) in [5, 5.41) is 0. The van der Waals surface area contributed by atoms with Crippen LogP contribution in [0.15, 0.2) is 24.5 Å². The molecule has 1 saturated heterocycles. The van der Waals surface area contributed by atoms with E-state index in [0.717, 1.165) is 25.1 Å². The molecule has 1 aliphatic heterocycles. The molecule has 1 aromatic rings. The van der Waals surface area contributed by atoms with E-state index in [0.29, 0.717) is 11.8 Å². The predicted octanol–water partition coefficient (Wildman–Crippen LogP) is 1.31. The van der Waals surface area contributed by atoms with Gasteiger partial charge in [-0.3, -0.25) is 9.78 Å². The van der Waals surface area contributed by atoms with E-state index in [9.17, 15) is 4.79 Å². The van der Waals surface area contributed by atoms with Crippen molar-refractivity contribution in [3.63, 3.8) is 0 Å². The van der Waals surface area contributed by atoms with Crippen molar-refractivity contribution < 1.29 is 4.79 Å². The number of fused-ring (bicyclic) bond motifs is 1. The maximum absolute atomic E-state index is 12.2. The van der Waals surface area contributed by atoms with Crippen LogP contribution in [0.3, 0.4) is 0 Å². The van der Waals surface area contributed by atoms with Gasteiger partial charge in [0.25, 0.3) is 5.91 Å². The number of carbonyl (C=O) groups excluding carboxylic acids is 1. The van der Waals surface area contributed by atoms with Gasteiger partial charge in [-0.05, 0) is 36.8 Å². The van der Waals surface area contributed by atoms with Gasteiger partial charge < -0.3 is 10.6 Å². The Kier molecular flexibility index (Phi) is 3.88. The zero-order chi connectivity index (χ0) is 11.8. The molecule has 1 saturated carbocycles. The molecule has 3 unspecified atom stereocenters. The normalized spacial score (nSPS) is 29.8. The second-order valence-electron chi connectivity index (χ2n) is 5.11. The molecule has 18 heavy (non-hydrogen) atoms. The lowest BCUT2D eigenvalue weighted by Crippen LogP contribution is -2.33. The first-order chi connectivity index (χ1) is 8.25. The third-order valence-corrected chi connectivity index (χ3v) is 4.13. The molecule has 0 spiro atoms. The van der Waals surface area contributed by atoms with Crippen molar-refractivity contribution >= 4 is 18.3 Å². The fraction of sp³-hybridized carbons (Fsp3) is 0.538. The van der Waals surface area contributed by atoms with Crippen molar-refractivity contribution in [3.05, 3.63) is 30.1 Å². The second-order valence-corrected chi connectivity index (χ2v) is 5.11. The molecule has 0 aromatic carbocycles. The summed E-state index contributed by atoms with van der Waals surface area (Å²) >= 11 is 0. The van der Waals surface area contributed by atoms with E-state index in [1.54, 1.807) is 24.5 Å². The Morgan fingerprint density at radius 2 is 2.00 bits per heavy atom. The zero-order valence-corrected chi connectivity index (χ0v) is 11.0. The third kappa shape index (κ3) is 2.22. The Labute approximate surface area is 113 Å². The van der Waals surface area contributed by atoms with E-state index >= 15 is 0 Å². The quantitative estimate of drug-likeness (QED) is 0.835. The summed E-state index contributed by atoms with van der Waals surface area (Å²) in [6.07, 6.45) is 5.62. The molecule has 5 heteroatoms. The van der Waals surface area contributed by atoms with E-state index in [1.807, 2.05) is 4.90 Å². The van der Waals surface area contributed by atoms with Crippen LogP contribution in [0, 0.1) is 11.8 Å². The van der Waals surface area contributed by atoms with Gasteiger partial charge in [-0.25, -0.2) is 0 Å². The Hall–Kier alpha value is -1.13. The number of halogens is 1. The van der Waals surface area contributed by atoms with Gasteiger partial charge in [0.05, 0.1) is 0 Å². The molecule has 0 radical (unpaired) electrons. The summed E-state index contributed by atoms with van der Waals surface area (Å²) < 4.78 is 0. The predicted molar refractivity (Wildman–Crippen MR) is 71.6 cm³/mol. The maximum atomic E-state index is 12.2. The van der Waals surface area contributed by atoms with Gasteiger partial charge in [-0.1, -0.05) is 0 Å². The van der Waals surface area contributed by atoms with Gasteiger partial charge in [-0.15, -0.1) is 12.4 Å². The molecule has 3 rings (SSSR count). The molecule has 2 N–H and O–H groups in total. The van der Waals surface area contributed by atoms with Crippen LogP contribution in [-0.2, 0) is 0 Å². The minimum absolute atomic E-state index is 0. The van der Waals surface area contributed by atoms with Crippen LogP contribution in [0.1, 0.15) is 23.2 Å². The Bertz CT molecular complexity index is 426. The summed E-state index contributed by atoms with van der Waals surface area (Å²) in [5.74, 6) is 1.26. The fourth-order valence-corrected chi connectivity index (χ4v) is 3.15. The number of hydrogen-bond acceptors (Lipinski definition) is 3. The smallest absolute Gasteiger partial charge is 0.253 e. The molecule has 1 amide bonds. The van der Waals surface area contributed by atoms with Gasteiger partial charge in [0.2, 0.25) is 0 Å². The molecule has 2 aliphatic rings. The average Bonchev–Trinajstić information content (AvgIpc) is 2.92. The lowest BCUT2D eigenvalue weighted by molar-refractivity contribution is 0.0779. The highest BCUT2D eigenvalue weighted by Crippen LogP contribution is 2.37. The highest BCUT2D eigenvalue weighted by atomic mass is 35.5. The third-order valence-electron chi connectivity index (χ3n) is 4.13. The number of carbonyl (C=O) groups is 1. The Morgan fingerprint density at radius 1 is 1.28 bits per heavy atom. The standard InChI is InChI=1S/C13H17N3O.ClH/c14-12-2-1-10-7-16(8-11(10)12)13(17)9-3-5-15-6-4-9;/h3-6,10-12H,1-2,7-8,14H2;1H. The number of pyridine rings is 1. The average molecular weight is 268 g/mol. The summed E-state index contributed by atoms with van der Waals surface area (Å²) in [4.78, 5) is 18.1. The number of nitrogens with two attached hydrogens (primary N) is 1. The van der Waals surface area contributed by atoms with Crippen LogP contribution < -0.4 is 5.73 Å². The fourth-order valence-electron chi connectivity index (χ4n) is 3.15. The van der Waals surface area contributed by atoms with Crippen molar-refractivity contribution in [1.29, 1.82) is 0 Å². The first-order valence-electron chi connectivity index (χ1n) is 6.20. The lowest BCUT2D eigenvalue weighted by Gasteiger charge is -2.18. The van der Waals surface area contributed by atoms with Crippen LogP contribution in [-0.4, -0.2) is 34.9 Å². The van der Waals surface area contributed by atoms with Gasteiger partial charge in [0.15, 0.2) is 0 Å². The molecular formula is C13H18ClN3O. The van der Waals surface area contributed by atoms with Gasteiger partial charge in [0.1, 0.15) is 0 Å². The summed E-state index contributed by atoms with van der Waals surface area (Å²) in [6, 6.07) is 3.84. The molecular weight excluding hydrogens is 250 g/mol. The van der Waals surface area contributed by atoms with E-state index < -0.39 is 0 Å². The molecule has 98 valence electrons. The largest absolute Gasteiger partial charge is 0.338 e. The molecule has 2 fully saturated rings. The van der Waals surface area contributed by atoms with E-state index in [2.05, 4.69) is 4.98 Å². The highest BCUT2D eigenvalue weighted by Gasteiger charge is 2.42. The molecule has 3 atom stereocenters. The number of likely N-dealkylation sites (tertiary alicyclic amines) is 1. The zero-order valence-electron chi connectivity index (χ0n) is 10.2. The van der Waals surface area contributed by atoms with Crippen LogP contribution in [0.25, 0.3) is 0 Å². The lowest BCUT2D eigenvalue weighted by atomic mass is 9.98. The van der Waals surface area contributed by atoms with Gasteiger partial charge in [0, 0.05) is 37.1 Å². The highest BCUT2D eigenvalue weighted by molar-refractivity contribution is 5.94. The monoisotopic (exact) mass is 267 g/mol. The van der Waals surface area contributed by atoms with Crippen molar-refractivity contribution in [3.8, 4) is 0 Å². The number of hydrogen-bond donors (Lipinski definition) is 1. The van der Waals surface area contributed by atoms with Crippen molar-refractivity contribution in [2.45, 2.75) is 18.9 Å². The van der Waals surface area contributed by atoms with Gasteiger partial charge >= 0.3 is 0 Å². The number of nitrogens with zero attached hydrogens (tertiary/aromatic N) is 2. The van der Waals surface area contributed by atoms with Crippen molar-refractivity contribution in [2.75, 3.05) is 13.1 Å². The van der Waals surface area contributed by atoms with E-state index in [1.165, 1.54) is 6.42 Å². The van der Waals surface area contributed by atoms with Crippen LogP contribution in [0.2, 0.25) is 0 Å². The number of aromatic nitrogens is 1. The number of amides is 1. The summed E-state index contributed by atoms with van der Waals surface area (Å²) in [7, 11) is 0. The van der Waals surface area contributed by atoms with Crippen LogP contribution in [0.4, 0.5) is 0 Å². The Morgan fingerprint density at radius 3 is 2.67 bits per heavy atom. The first kappa shape index (κ1) is 13.3. The molecule has 4 nitrogen and oxygen atoms in total. The van der Waals surface area contributed by atoms with Crippen molar-refractivity contribution in [2.24, 2.45) is 17.6 Å². The van der Waals surface area contributed by atoms with Gasteiger partial charge in [-0.2, -0.15) is 0 Å². The summed E-state index contributed by atoms with van der Waals surface area (Å²) in [6.45, 7) is 1.70. The molecule has 1 aromatic heterocycles.